The maximum Gasteiger partial charge on any atom is 0.216 e. The summed E-state index contributed by atoms with van der Waals surface area (Å²) in [6, 6.07) is 0. The van der Waals surface area contributed by atoms with Crippen molar-refractivity contribution in [2.75, 3.05) is 19.8 Å². The van der Waals surface area contributed by atoms with Crippen molar-refractivity contribution in [3.05, 3.63) is 0 Å². The molecule has 0 aliphatic rings. The van der Waals surface area contributed by atoms with Gasteiger partial charge < -0.3 is 10.1 Å². The van der Waals surface area contributed by atoms with Gasteiger partial charge in [0, 0.05) is 13.5 Å². The van der Waals surface area contributed by atoms with Crippen molar-refractivity contribution in [3.8, 4) is 11.8 Å². The Morgan fingerprint density at radius 2 is 2.36 bits per heavy atom. The lowest BCUT2D eigenvalue weighted by molar-refractivity contribution is -0.119. The summed E-state index contributed by atoms with van der Waals surface area (Å²) in [6.07, 6.45) is 0. The molecule has 0 heterocycles. The molecule has 0 aromatic heterocycles. The molecule has 0 spiro atoms. The van der Waals surface area contributed by atoms with Gasteiger partial charge in [-0.05, 0) is 6.92 Å². The predicted molar refractivity (Wildman–Crippen MR) is 43.0 cm³/mol. The standard InChI is InChI=1S/C8H13NO2/c1-3-4-6-11-7-5-9-8(2)10/h5-7H2,1-2H3,(H,9,10). The normalized spacial score (nSPS) is 8.18. The van der Waals surface area contributed by atoms with Gasteiger partial charge in [-0.2, -0.15) is 0 Å². The molecule has 0 aromatic carbocycles. The van der Waals surface area contributed by atoms with Gasteiger partial charge in [-0.15, -0.1) is 5.92 Å². The number of amides is 1. The highest BCUT2D eigenvalue weighted by molar-refractivity contribution is 5.72. The van der Waals surface area contributed by atoms with Crippen LogP contribution in [0.15, 0.2) is 0 Å². The molecule has 0 rings (SSSR count). The summed E-state index contributed by atoms with van der Waals surface area (Å²) in [6.45, 7) is 4.76. The molecule has 0 radical (unpaired) electrons. The van der Waals surface area contributed by atoms with Crippen LogP contribution in [0.1, 0.15) is 13.8 Å². The van der Waals surface area contributed by atoms with E-state index in [1.165, 1.54) is 6.92 Å². The lowest BCUT2D eigenvalue weighted by Gasteiger charge is -2.00. The molecule has 0 fully saturated rings. The zero-order valence-corrected chi connectivity index (χ0v) is 6.94. The Morgan fingerprint density at radius 1 is 1.64 bits per heavy atom. The van der Waals surface area contributed by atoms with E-state index in [2.05, 4.69) is 17.2 Å². The van der Waals surface area contributed by atoms with E-state index in [4.69, 9.17) is 4.74 Å². The van der Waals surface area contributed by atoms with Crippen molar-refractivity contribution in [1.29, 1.82) is 0 Å². The van der Waals surface area contributed by atoms with Gasteiger partial charge >= 0.3 is 0 Å². The van der Waals surface area contributed by atoms with Crippen LogP contribution in [-0.4, -0.2) is 25.7 Å². The number of carbonyl (C=O) groups excluding carboxylic acids is 1. The zero-order chi connectivity index (χ0) is 8.53. The Balaban J connectivity index is 3.00. The molecule has 0 atom stereocenters. The Bertz CT molecular complexity index is 167. The zero-order valence-electron chi connectivity index (χ0n) is 6.94. The van der Waals surface area contributed by atoms with E-state index in [9.17, 15) is 4.79 Å². The summed E-state index contributed by atoms with van der Waals surface area (Å²) in [7, 11) is 0. The van der Waals surface area contributed by atoms with Gasteiger partial charge in [0.2, 0.25) is 5.91 Å². The van der Waals surface area contributed by atoms with Crippen LogP contribution < -0.4 is 5.32 Å². The molecule has 0 saturated heterocycles. The fourth-order valence-electron chi connectivity index (χ4n) is 0.495. The van der Waals surface area contributed by atoms with E-state index >= 15 is 0 Å². The van der Waals surface area contributed by atoms with E-state index in [0.717, 1.165) is 0 Å². The van der Waals surface area contributed by atoms with Crippen LogP contribution in [0.25, 0.3) is 0 Å². The second-order valence-corrected chi connectivity index (χ2v) is 1.96. The van der Waals surface area contributed by atoms with Gasteiger partial charge in [0.1, 0.15) is 6.61 Å². The quantitative estimate of drug-likeness (QED) is 0.464. The molecule has 3 heteroatoms. The minimum Gasteiger partial charge on any atom is -0.367 e. The van der Waals surface area contributed by atoms with Gasteiger partial charge in [0.15, 0.2) is 0 Å². The Hall–Kier alpha value is -1.01. The molecule has 1 amide bonds. The highest BCUT2D eigenvalue weighted by Gasteiger charge is 1.88. The average molecular weight is 155 g/mol. The van der Waals surface area contributed by atoms with E-state index in [-0.39, 0.29) is 5.91 Å². The summed E-state index contributed by atoms with van der Waals surface area (Å²) in [5.74, 6) is 5.42. The van der Waals surface area contributed by atoms with Gasteiger partial charge in [0.25, 0.3) is 0 Å². The maximum absolute atomic E-state index is 10.3. The molecule has 62 valence electrons. The number of hydrogen-bond acceptors (Lipinski definition) is 2. The summed E-state index contributed by atoms with van der Waals surface area (Å²) in [5, 5.41) is 2.61. The first-order chi connectivity index (χ1) is 5.27. The third-order valence-electron chi connectivity index (χ3n) is 0.971. The maximum atomic E-state index is 10.3. The third-order valence-corrected chi connectivity index (χ3v) is 0.971. The number of rotatable bonds is 4. The molecule has 3 nitrogen and oxygen atoms in total. The largest absolute Gasteiger partial charge is 0.367 e. The highest BCUT2D eigenvalue weighted by atomic mass is 16.5. The highest BCUT2D eigenvalue weighted by Crippen LogP contribution is 1.71. The number of hydrogen-bond donors (Lipinski definition) is 1. The Labute approximate surface area is 67.1 Å². The second-order valence-electron chi connectivity index (χ2n) is 1.96. The third kappa shape index (κ3) is 8.99. The molecule has 0 aromatic rings. The van der Waals surface area contributed by atoms with E-state index in [0.29, 0.717) is 19.8 Å². The summed E-state index contributed by atoms with van der Waals surface area (Å²) in [4.78, 5) is 10.3. The SMILES string of the molecule is CC#CCOCCNC(C)=O. The molecule has 0 saturated carbocycles. The molecule has 1 N–H and O–H groups in total. The van der Waals surface area contributed by atoms with Crippen molar-refractivity contribution in [2.45, 2.75) is 13.8 Å². The second kappa shape index (κ2) is 7.10. The topological polar surface area (TPSA) is 38.3 Å². The lowest BCUT2D eigenvalue weighted by Crippen LogP contribution is -2.24. The predicted octanol–water partition coefficient (Wildman–Crippen LogP) is 0.162. The minimum atomic E-state index is -0.0322. The Morgan fingerprint density at radius 3 is 2.91 bits per heavy atom. The van der Waals surface area contributed by atoms with Crippen molar-refractivity contribution >= 4 is 5.91 Å². The summed E-state index contributed by atoms with van der Waals surface area (Å²) >= 11 is 0. The molecule has 0 unspecified atom stereocenters. The summed E-state index contributed by atoms with van der Waals surface area (Å²) < 4.78 is 5.04. The van der Waals surface area contributed by atoms with Crippen molar-refractivity contribution in [3.63, 3.8) is 0 Å². The van der Waals surface area contributed by atoms with Crippen LogP contribution in [0.2, 0.25) is 0 Å². The van der Waals surface area contributed by atoms with Crippen LogP contribution in [0.4, 0.5) is 0 Å². The fourth-order valence-corrected chi connectivity index (χ4v) is 0.495. The van der Waals surface area contributed by atoms with Crippen LogP contribution in [0.3, 0.4) is 0 Å². The number of ether oxygens (including phenoxy) is 1. The van der Waals surface area contributed by atoms with Crippen molar-refractivity contribution < 1.29 is 9.53 Å². The van der Waals surface area contributed by atoms with Crippen LogP contribution in [0.5, 0.6) is 0 Å². The lowest BCUT2D eigenvalue weighted by atomic mass is 10.6. The monoisotopic (exact) mass is 155 g/mol. The van der Waals surface area contributed by atoms with Crippen LogP contribution in [0, 0.1) is 11.8 Å². The molecule has 0 bridgehead atoms. The Kier molecular flexibility index (Phi) is 6.45. The van der Waals surface area contributed by atoms with Crippen molar-refractivity contribution in [1.82, 2.24) is 5.32 Å². The minimum absolute atomic E-state index is 0.0322. The molecule has 11 heavy (non-hydrogen) atoms. The van der Waals surface area contributed by atoms with E-state index in [1.54, 1.807) is 6.92 Å². The number of carbonyl (C=O) groups is 1. The van der Waals surface area contributed by atoms with Crippen molar-refractivity contribution in [2.24, 2.45) is 0 Å². The van der Waals surface area contributed by atoms with Gasteiger partial charge in [0.05, 0.1) is 6.61 Å². The van der Waals surface area contributed by atoms with E-state index in [1.807, 2.05) is 0 Å². The smallest absolute Gasteiger partial charge is 0.216 e. The fraction of sp³-hybridized carbons (Fsp3) is 0.625. The first kappa shape index (κ1) is 9.99. The molecular weight excluding hydrogens is 142 g/mol. The first-order valence-electron chi connectivity index (χ1n) is 3.49. The van der Waals surface area contributed by atoms with Crippen LogP contribution >= 0.6 is 0 Å². The first-order valence-corrected chi connectivity index (χ1v) is 3.49. The average Bonchev–Trinajstić information content (AvgIpc) is 1.96. The van der Waals surface area contributed by atoms with E-state index < -0.39 is 0 Å². The van der Waals surface area contributed by atoms with Gasteiger partial charge in [-0.1, -0.05) is 5.92 Å². The number of nitrogens with one attached hydrogen (secondary N) is 1. The summed E-state index contributed by atoms with van der Waals surface area (Å²) in [5.41, 5.74) is 0. The molecular formula is C8H13NO2. The van der Waals surface area contributed by atoms with Crippen LogP contribution in [-0.2, 0) is 9.53 Å². The molecule has 0 aliphatic heterocycles. The molecule has 0 aliphatic carbocycles. The van der Waals surface area contributed by atoms with Gasteiger partial charge in [-0.3, -0.25) is 4.79 Å². The van der Waals surface area contributed by atoms with Gasteiger partial charge in [-0.25, -0.2) is 0 Å².